The lowest BCUT2D eigenvalue weighted by atomic mass is 9.91. The maximum atomic E-state index is 6.36. The van der Waals surface area contributed by atoms with E-state index in [1.54, 1.807) is 0 Å². The van der Waals surface area contributed by atoms with Gasteiger partial charge >= 0.3 is 0 Å². The van der Waals surface area contributed by atoms with Crippen LogP contribution in [-0.2, 0) is 0 Å². The number of thiophene rings is 1. The van der Waals surface area contributed by atoms with Crippen molar-refractivity contribution in [1.29, 1.82) is 0 Å². The minimum atomic E-state index is 0.924. The molecule has 43 heavy (non-hydrogen) atoms. The molecule has 200 valence electrons. The third-order valence-corrected chi connectivity index (χ3v) is 9.99. The topological polar surface area (TPSA) is 18.1 Å². The van der Waals surface area contributed by atoms with Crippen LogP contribution < -0.4 is 0 Å². The summed E-state index contributed by atoms with van der Waals surface area (Å²) in [6.45, 7) is 0. The molecule has 3 heteroatoms. The van der Waals surface area contributed by atoms with Crippen LogP contribution >= 0.6 is 11.3 Å². The van der Waals surface area contributed by atoms with Crippen LogP contribution in [0.1, 0.15) is 0 Å². The smallest absolute Gasteiger partial charge is 0.136 e. The van der Waals surface area contributed by atoms with Gasteiger partial charge in [-0.25, -0.2) is 0 Å². The molecule has 0 aliphatic heterocycles. The number of fused-ring (bicyclic) bond motifs is 10. The predicted molar refractivity (Wildman–Crippen MR) is 184 cm³/mol. The molecule has 0 bridgehead atoms. The number of hydrogen-bond donors (Lipinski definition) is 0. The quantitative estimate of drug-likeness (QED) is 0.191. The molecule has 3 aromatic heterocycles. The van der Waals surface area contributed by atoms with Gasteiger partial charge < -0.3 is 8.98 Å². The lowest BCUT2D eigenvalue weighted by molar-refractivity contribution is 0.669. The van der Waals surface area contributed by atoms with Crippen molar-refractivity contribution < 1.29 is 4.42 Å². The summed E-state index contributed by atoms with van der Waals surface area (Å²) < 4.78 is 10.1. The van der Waals surface area contributed by atoms with Crippen molar-refractivity contribution in [3.8, 4) is 16.8 Å². The third-order valence-electron chi connectivity index (χ3n) is 9.03. The number of furan rings is 1. The fourth-order valence-corrected chi connectivity index (χ4v) is 8.06. The molecular weight excluding hydrogens is 543 g/mol. The van der Waals surface area contributed by atoms with Crippen LogP contribution in [0.5, 0.6) is 0 Å². The molecule has 2 nitrogen and oxygen atoms in total. The second-order valence-corrected chi connectivity index (χ2v) is 12.3. The van der Waals surface area contributed by atoms with Gasteiger partial charge in [0, 0.05) is 42.9 Å². The van der Waals surface area contributed by atoms with Gasteiger partial charge in [0.15, 0.2) is 0 Å². The van der Waals surface area contributed by atoms with Crippen LogP contribution in [0, 0.1) is 0 Å². The zero-order chi connectivity index (χ0) is 28.1. The molecule has 0 aliphatic rings. The average molecular weight is 566 g/mol. The van der Waals surface area contributed by atoms with E-state index in [9.17, 15) is 0 Å². The second-order valence-electron chi connectivity index (χ2n) is 11.3. The van der Waals surface area contributed by atoms with Gasteiger partial charge in [0.1, 0.15) is 11.2 Å². The number of hydrogen-bond acceptors (Lipinski definition) is 2. The van der Waals surface area contributed by atoms with E-state index in [2.05, 4.69) is 137 Å². The van der Waals surface area contributed by atoms with Gasteiger partial charge in [0.05, 0.1) is 11.0 Å². The zero-order valence-corrected chi connectivity index (χ0v) is 23.9. The summed E-state index contributed by atoms with van der Waals surface area (Å²) in [6, 6.07) is 48.4. The van der Waals surface area contributed by atoms with E-state index in [-0.39, 0.29) is 0 Å². The molecule has 10 aromatic rings. The second kappa shape index (κ2) is 8.57. The van der Waals surface area contributed by atoms with E-state index in [0.29, 0.717) is 0 Å². The van der Waals surface area contributed by atoms with Crippen molar-refractivity contribution in [2.75, 3.05) is 0 Å². The van der Waals surface area contributed by atoms with E-state index in [0.717, 1.165) is 21.9 Å². The average Bonchev–Trinajstić information content (AvgIpc) is 3.74. The van der Waals surface area contributed by atoms with Gasteiger partial charge in [-0.15, -0.1) is 11.3 Å². The van der Waals surface area contributed by atoms with Crippen LogP contribution in [0.3, 0.4) is 0 Å². The normalized spacial score (nSPS) is 12.2. The highest BCUT2D eigenvalue weighted by atomic mass is 32.1. The molecule has 10 rings (SSSR count). The summed E-state index contributed by atoms with van der Waals surface area (Å²) in [4.78, 5) is 0. The molecule has 0 aliphatic carbocycles. The molecule has 0 N–H and O–H groups in total. The molecule has 0 saturated carbocycles. The van der Waals surface area contributed by atoms with Gasteiger partial charge in [-0.3, -0.25) is 0 Å². The number of aromatic nitrogens is 1. The van der Waals surface area contributed by atoms with Crippen LogP contribution in [0.4, 0.5) is 0 Å². The fraction of sp³-hybridized carbons (Fsp3) is 0. The van der Waals surface area contributed by atoms with Crippen molar-refractivity contribution in [2.45, 2.75) is 0 Å². The summed E-state index contributed by atoms with van der Waals surface area (Å²) in [5, 5.41) is 13.4. The highest BCUT2D eigenvalue weighted by Crippen LogP contribution is 2.45. The first-order chi connectivity index (χ1) is 21.3. The van der Waals surface area contributed by atoms with Gasteiger partial charge in [-0.2, -0.15) is 0 Å². The predicted octanol–water partition coefficient (Wildman–Crippen LogP) is 11.9. The number of para-hydroxylation sites is 3. The summed E-state index contributed by atoms with van der Waals surface area (Å²) >= 11 is 1.81. The van der Waals surface area contributed by atoms with Crippen molar-refractivity contribution in [3.05, 3.63) is 139 Å². The number of rotatable bonds is 2. The summed E-state index contributed by atoms with van der Waals surface area (Å²) in [7, 11) is 0. The number of nitrogens with zero attached hydrogens (tertiary/aromatic N) is 1. The maximum absolute atomic E-state index is 6.36. The first-order valence-electron chi connectivity index (χ1n) is 14.6. The van der Waals surface area contributed by atoms with Crippen LogP contribution in [-0.4, -0.2) is 4.57 Å². The largest absolute Gasteiger partial charge is 0.456 e. The molecule has 3 heterocycles. The molecule has 0 amide bonds. The van der Waals surface area contributed by atoms with Gasteiger partial charge in [-0.05, 0) is 93.2 Å². The third kappa shape index (κ3) is 3.23. The van der Waals surface area contributed by atoms with Crippen molar-refractivity contribution in [1.82, 2.24) is 4.57 Å². The fourth-order valence-electron chi connectivity index (χ4n) is 7.10. The minimum Gasteiger partial charge on any atom is -0.456 e. The molecule has 0 fully saturated rings. The molecule has 7 aromatic carbocycles. The van der Waals surface area contributed by atoms with E-state index >= 15 is 0 Å². The summed E-state index contributed by atoms with van der Waals surface area (Å²) in [6.07, 6.45) is 0. The Hall–Kier alpha value is -5.38. The Balaban J connectivity index is 1.43. The Morgan fingerprint density at radius 2 is 1.19 bits per heavy atom. The van der Waals surface area contributed by atoms with Crippen molar-refractivity contribution >= 4 is 86.7 Å². The molecular formula is C40H23NOS. The zero-order valence-electron chi connectivity index (χ0n) is 23.0. The molecule has 0 unspecified atom stereocenters. The van der Waals surface area contributed by atoms with Gasteiger partial charge in [0.2, 0.25) is 0 Å². The van der Waals surface area contributed by atoms with Crippen molar-refractivity contribution in [2.24, 2.45) is 0 Å². The number of benzene rings is 7. The molecule has 0 radical (unpaired) electrons. The first-order valence-corrected chi connectivity index (χ1v) is 15.5. The maximum Gasteiger partial charge on any atom is 0.136 e. The lowest BCUT2D eigenvalue weighted by Crippen LogP contribution is -1.93. The Morgan fingerprint density at radius 3 is 2.09 bits per heavy atom. The molecule has 0 saturated heterocycles. The van der Waals surface area contributed by atoms with Crippen LogP contribution in [0.25, 0.3) is 92.2 Å². The Kier molecular flexibility index (Phi) is 4.63. The Morgan fingerprint density at radius 1 is 0.442 bits per heavy atom. The monoisotopic (exact) mass is 565 g/mol. The lowest BCUT2D eigenvalue weighted by Gasteiger charge is -2.13. The van der Waals surface area contributed by atoms with Crippen LogP contribution in [0.2, 0.25) is 0 Å². The van der Waals surface area contributed by atoms with E-state index in [1.807, 2.05) is 17.4 Å². The van der Waals surface area contributed by atoms with Crippen molar-refractivity contribution in [3.63, 3.8) is 0 Å². The first kappa shape index (κ1) is 23.2. The van der Waals surface area contributed by atoms with Crippen LogP contribution in [0.15, 0.2) is 143 Å². The molecule has 0 atom stereocenters. The van der Waals surface area contributed by atoms with E-state index in [1.165, 1.54) is 70.3 Å². The minimum absolute atomic E-state index is 0.924. The van der Waals surface area contributed by atoms with E-state index in [4.69, 9.17) is 4.42 Å². The standard InChI is InChI=1S/C40H23NOS/c1-2-10-25(11-3-1)41-36-15-7-4-12-26(36)33-21-31-30(35-23-43-40-17-9-6-14-28(35)40)18-24-19-39-34(20-29(24)32(31)22-37(33)41)27-13-5-8-16-38(27)42-39/h1-23H. The highest BCUT2D eigenvalue weighted by molar-refractivity contribution is 7.17. The Bertz CT molecular complexity index is 2720. The molecule has 0 spiro atoms. The van der Waals surface area contributed by atoms with Gasteiger partial charge in [0.25, 0.3) is 0 Å². The SMILES string of the molecule is c1ccc(-n2c3ccccc3c3cc4c(-c5csc6ccccc56)cc5cc6oc7ccccc7c6cc5c4cc32)cc1. The van der Waals surface area contributed by atoms with Gasteiger partial charge in [-0.1, -0.05) is 72.8 Å². The highest BCUT2D eigenvalue weighted by Gasteiger charge is 2.19. The Labute approximate surface area is 250 Å². The van der Waals surface area contributed by atoms with E-state index < -0.39 is 0 Å². The summed E-state index contributed by atoms with van der Waals surface area (Å²) in [5.41, 5.74) is 7.99. The summed E-state index contributed by atoms with van der Waals surface area (Å²) in [5.74, 6) is 0.